The molecule has 0 spiro atoms. The van der Waals surface area contributed by atoms with E-state index in [1.54, 1.807) is 48.6 Å². The van der Waals surface area contributed by atoms with E-state index in [0.717, 1.165) is 0 Å². The van der Waals surface area contributed by atoms with Crippen molar-refractivity contribution < 1.29 is 28.9 Å². The SMILES string of the molecule is COc1cc(CC(=O)NC2(C(C)(C)C(=O)O)C=CC=C(c3ccccc3F)C2)ccc1O. The monoisotopic (exact) mass is 439 g/mol. The van der Waals surface area contributed by atoms with Crippen molar-refractivity contribution in [1.29, 1.82) is 0 Å². The maximum atomic E-state index is 14.4. The lowest BCUT2D eigenvalue weighted by molar-refractivity contribution is -0.151. The van der Waals surface area contributed by atoms with Gasteiger partial charge in [0, 0.05) is 12.0 Å². The Kier molecular flexibility index (Phi) is 6.39. The molecule has 1 amide bonds. The van der Waals surface area contributed by atoms with E-state index in [1.165, 1.54) is 33.1 Å². The Morgan fingerprint density at radius 3 is 2.59 bits per heavy atom. The molecule has 0 aliphatic heterocycles. The molecule has 6 nitrogen and oxygen atoms in total. The number of phenols is 1. The van der Waals surface area contributed by atoms with Crippen LogP contribution in [0.1, 0.15) is 31.4 Å². The zero-order valence-electron chi connectivity index (χ0n) is 18.2. The molecule has 2 aromatic carbocycles. The van der Waals surface area contributed by atoms with Crippen LogP contribution in [0, 0.1) is 11.2 Å². The van der Waals surface area contributed by atoms with Crippen LogP contribution in [0.2, 0.25) is 0 Å². The highest BCUT2D eigenvalue weighted by Crippen LogP contribution is 2.42. The van der Waals surface area contributed by atoms with E-state index in [2.05, 4.69) is 5.32 Å². The molecular weight excluding hydrogens is 413 g/mol. The maximum absolute atomic E-state index is 14.4. The first-order chi connectivity index (χ1) is 15.1. The Balaban J connectivity index is 1.93. The Labute approximate surface area is 186 Å². The normalized spacial score (nSPS) is 18.1. The zero-order valence-corrected chi connectivity index (χ0v) is 18.2. The Bertz CT molecular complexity index is 1110. The molecule has 1 atom stereocenters. The van der Waals surface area contributed by atoms with Crippen LogP contribution in [0.3, 0.4) is 0 Å². The van der Waals surface area contributed by atoms with Gasteiger partial charge in [-0.25, -0.2) is 4.39 Å². The minimum Gasteiger partial charge on any atom is -0.504 e. The molecule has 0 bridgehead atoms. The highest BCUT2D eigenvalue weighted by atomic mass is 19.1. The number of aromatic hydroxyl groups is 1. The smallest absolute Gasteiger partial charge is 0.311 e. The molecule has 1 aliphatic rings. The van der Waals surface area contributed by atoms with E-state index in [-0.39, 0.29) is 24.3 Å². The molecule has 0 saturated heterocycles. The number of aliphatic carboxylic acids is 1. The number of carboxylic acid groups (broad SMARTS) is 1. The minimum atomic E-state index is -1.39. The molecule has 0 fully saturated rings. The van der Waals surface area contributed by atoms with Crippen LogP contribution >= 0.6 is 0 Å². The van der Waals surface area contributed by atoms with Crippen LogP contribution < -0.4 is 10.1 Å². The number of ether oxygens (including phenoxy) is 1. The number of carboxylic acids is 1. The second-order valence-electron chi connectivity index (χ2n) is 8.34. The van der Waals surface area contributed by atoms with Crippen molar-refractivity contribution in [3.05, 3.63) is 77.6 Å². The molecule has 168 valence electrons. The predicted molar refractivity (Wildman–Crippen MR) is 119 cm³/mol. The van der Waals surface area contributed by atoms with Gasteiger partial charge in [-0.1, -0.05) is 42.5 Å². The Hall–Kier alpha value is -3.61. The van der Waals surface area contributed by atoms with E-state index in [1.807, 2.05) is 0 Å². The van der Waals surface area contributed by atoms with Crippen LogP contribution in [0.15, 0.2) is 60.7 Å². The molecule has 7 heteroatoms. The van der Waals surface area contributed by atoms with Gasteiger partial charge in [0.25, 0.3) is 0 Å². The fraction of sp³-hybridized carbons (Fsp3) is 0.280. The summed E-state index contributed by atoms with van der Waals surface area (Å²) in [5.41, 5.74) is -1.14. The number of allylic oxidation sites excluding steroid dienone is 2. The molecule has 1 unspecified atom stereocenters. The number of carbonyl (C=O) groups is 2. The van der Waals surface area contributed by atoms with Gasteiger partial charge in [0.05, 0.1) is 24.5 Å². The number of amides is 1. The van der Waals surface area contributed by atoms with Crippen LogP contribution in [0.4, 0.5) is 4.39 Å². The van der Waals surface area contributed by atoms with Crippen LogP contribution in [-0.2, 0) is 16.0 Å². The second kappa shape index (κ2) is 8.86. The number of hydrogen-bond donors (Lipinski definition) is 3. The van der Waals surface area contributed by atoms with Gasteiger partial charge in [0.15, 0.2) is 11.5 Å². The van der Waals surface area contributed by atoms with Gasteiger partial charge < -0.3 is 20.3 Å². The molecule has 32 heavy (non-hydrogen) atoms. The fourth-order valence-corrected chi connectivity index (χ4v) is 3.83. The van der Waals surface area contributed by atoms with Gasteiger partial charge in [-0.2, -0.15) is 0 Å². The standard InChI is InChI=1S/C25H26FNO5/c1-24(2,23(30)31)25(12-6-7-17(15-25)18-8-4-5-9-19(18)26)27-22(29)14-16-10-11-20(28)21(13-16)32-3/h4-13,28H,14-15H2,1-3H3,(H,27,29)(H,30,31). The summed E-state index contributed by atoms with van der Waals surface area (Å²) in [6.45, 7) is 3.07. The molecule has 2 aromatic rings. The lowest BCUT2D eigenvalue weighted by Crippen LogP contribution is -2.60. The summed E-state index contributed by atoms with van der Waals surface area (Å²) >= 11 is 0. The van der Waals surface area contributed by atoms with Gasteiger partial charge in [0.2, 0.25) is 5.91 Å². The summed E-state index contributed by atoms with van der Waals surface area (Å²) in [5, 5.41) is 22.6. The first-order valence-electron chi connectivity index (χ1n) is 10.1. The quantitative estimate of drug-likeness (QED) is 0.604. The van der Waals surface area contributed by atoms with E-state index < -0.39 is 28.6 Å². The average Bonchev–Trinajstić information content (AvgIpc) is 2.75. The number of methoxy groups -OCH3 is 1. The van der Waals surface area contributed by atoms with Crippen LogP contribution in [0.5, 0.6) is 11.5 Å². The van der Waals surface area contributed by atoms with Crippen molar-refractivity contribution in [2.45, 2.75) is 32.2 Å². The lowest BCUT2D eigenvalue weighted by Gasteiger charge is -2.44. The third kappa shape index (κ3) is 4.37. The van der Waals surface area contributed by atoms with Crippen molar-refractivity contribution in [3.63, 3.8) is 0 Å². The number of phenolic OH excluding ortho intramolecular Hbond substituents is 1. The summed E-state index contributed by atoms with van der Waals surface area (Å²) in [7, 11) is 1.41. The summed E-state index contributed by atoms with van der Waals surface area (Å²) < 4.78 is 19.5. The summed E-state index contributed by atoms with van der Waals surface area (Å²) in [5.74, 6) is -1.73. The third-order valence-corrected chi connectivity index (χ3v) is 5.99. The largest absolute Gasteiger partial charge is 0.504 e. The van der Waals surface area contributed by atoms with Gasteiger partial charge in [-0.3, -0.25) is 9.59 Å². The van der Waals surface area contributed by atoms with Crippen molar-refractivity contribution in [2.24, 2.45) is 5.41 Å². The molecule has 0 radical (unpaired) electrons. The van der Waals surface area contributed by atoms with Crippen molar-refractivity contribution in [2.75, 3.05) is 7.11 Å². The topological polar surface area (TPSA) is 95.9 Å². The number of nitrogens with one attached hydrogen (secondary N) is 1. The van der Waals surface area contributed by atoms with Gasteiger partial charge in [-0.05, 0) is 43.2 Å². The highest BCUT2D eigenvalue weighted by Gasteiger charge is 2.50. The molecule has 0 aromatic heterocycles. The lowest BCUT2D eigenvalue weighted by atomic mass is 9.66. The molecule has 3 rings (SSSR count). The van der Waals surface area contributed by atoms with Gasteiger partial charge >= 0.3 is 5.97 Å². The fourth-order valence-electron chi connectivity index (χ4n) is 3.83. The molecule has 3 N–H and O–H groups in total. The van der Waals surface area contributed by atoms with Crippen molar-refractivity contribution >= 4 is 17.4 Å². The van der Waals surface area contributed by atoms with Gasteiger partial charge in [0.1, 0.15) is 5.82 Å². The molecular formula is C25H26FNO5. The van der Waals surface area contributed by atoms with Crippen molar-refractivity contribution in [3.8, 4) is 11.5 Å². The van der Waals surface area contributed by atoms with E-state index in [0.29, 0.717) is 16.7 Å². The van der Waals surface area contributed by atoms with E-state index in [4.69, 9.17) is 4.74 Å². The number of rotatable bonds is 7. The van der Waals surface area contributed by atoms with Gasteiger partial charge in [-0.15, -0.1) is 0 Å². The predicted octanol–water partition coefficient (Wildman–Crippen LogP) is 4.09. The van der Waals surface area contributed by atoms with Crippen molar-refractivity contribution in [1.82, 2.24) is 5.32 Å². The number of hydrogen-bond acceptors (Lipinski definition) is 4. The van der Waals surface area contributed by atoms with E-state index >= 15 is 0 Å². The maximum Gasteiger partial charge on any atom is 0.311 e. The molecule has 0 heterocycles. The highest BCUT2D eigenvalue weighted by molar-refractivity contribution is 5.85. The summed E-state index contributed by atoms with van der Waals surface area (Å²) in [4.78, 5) is 25.2. The number of halogens is 1. The average molecular weight is 439 g/mol. The molecule has 0 saturated carbocycles. The first kappa shape index (κ1) is 23.1. The number of carbonyl (C=O) groups excluding carboxylic acids is 1. The van der Waals surface area contributed by atoms with Crippen LogP contribution in [-0.4, -0.2) is 34.7 Å². The zero-order chi connectivity index (χ0) is 23.5. The second-order valence-corrected chi connectivity index (χ2v) is 8.34. The minimum absolute atomic E-state index is 0.0463. The Morgan fingerprint density at radius 1 is 1.22 bits per heavy atom. The van der Waals surface area contributed by atoms with E-state index in [9.17, 15) is 24.2 Å². The summed E-state index contributed by atoms with van der Waals surface area (Å²) in [6, 6.07) is 10.8. The Morgan fingerprint density at radius 2 is 1.94 bits per heavy atom. The summed E-state index contributed by atoms with van der Waals surface area (Å²) in [6.07, 6.45) is 5.08. The number of benzene rings is 2. The van der Waals surface area contributed by atoms with Crippen LogP contribution in [0.25, 0.3) is 5.57 Å². The third-order valence-electron chi connectivity index (χ3n) is 5.99. The molecule has 1 aliphatic carbocycles. The first-order valence-corrected chi connectivity index (χ1v) is 10.1.